The molecule has 1 aliphatic rings. The van der Waals surface area contributed by atoms with Gasteiger partial charge >= 0.3 is 6.03 Å². The number of hydrogen-bond acceptors (Lipinski definition) is 6. The Bertz CT molecular complexity index is 475. The number of amides is 2. The maximum absolute atomic E-state index is 12.3. The van der Waals surface area contributed by atoms with Crippen LogP contribution in [-0.4, -0.2) is 69.8 Å². The van der Waals surface area contributed by atoms with Crippen molar-refractivity contribution in [3.63, 3.8) is 0 Å². The molecule has 9 heteroatoms. The summed E-state index contributed by atoms with van der Waals surface area (Å²) in [7, 11) is 0. The number of aliphatic hydroxyl groups excluding tert-OH is 3. The van der Waals surface area contributed by atoms with E-state index in [1.807, 2.05) is 17.5 Å². The fourth-order valence-corrected chi connectivity index (χ4v) is 2.97. The number of nitrogens with one attached hydrogen (secondary N) is 1. The summed E-state index contributed by atoms with van der Waals surface area (Å²) in [5, 5.41) is 33.9. The molecule has 22 heavy (non-hydrogen) atoms. The van der Waals surface area contributed by atoms with Crippen molar-refractivity contribution in [2.45, 2.75) is 31.1 Å². The number of thiophene rings is 1. The molecular weight excluding hydrogens is 332 g/mol. The highest BCUT2D eigenvalue weighted by Gasteiger charge is 2.42. The van der Waals surface area contributed by atoms with Crippen molar-refractivity contribution in [1.82, 2.24) is 10.2 Å². The highest BCUT2D eigenvalue weighted by Crippen LogP contribution is 2.22. The fourth-order valence-electron chi connectivity index (χ4n) is 2.17. The predicted octanol–water partition coefficient (Wildman–Crippen LogP) is -0.0625. The van der Waals surface area contributed by atoms with E-state index in [2.05, 4.69) is 5.32 Å². The van der Waals surface area contributed by atoms with Gasteiger partial charge in [-0.1, -0.05) is 6.07 Å². The summed E-state index contributed by atoms with van der Waals surface area (Å²) >= 11 is 7.03. The molecule has 1 unspecified atom stereocenters. The van der Waals surface area contributed by atoms with Gasteiger partial charge in [-0.05, 0) is 11.4 Å². The van der Waals surface area contributed by atoms with Crippen LogP contribution in [-0.2, 0) is 11.3 Å². The minimum atomic E-state index is -1.40. The van der Waals surface area contributed by atoms with Crippen molar-refractivity contribution in [2.24, 2.45) is 0 Å². The van der Waals surface area contributed by atoms with Crippen molar-refractivity contribution in [1.29, 1.82) is 0 Å². The summed E-state index contributed by atoms with van der Waals surface area (Å²) in [4.78, 5) is 14.5. The lowest BCUT2D eigenvalue weighted by molar-refractivity contribution is -0.220. The van der Waals surface area contributed by atoms with Gasteiger partial charge in [0.25, 0.3) is 0 Å². The molecule has 7 nitrogen and oxygen atoms in total. The molecule has 0 aliphatic carbocycles. The monoisotopic (exact) mass is 350 g/mol. The van der Waals surface area contributed by atoms with E-state index in [9.17, 15) is 20.1 Å². The molecule has 4 atom stereocenters. The average Bonchev–Trinajstić information content (AvgIpc) is 3.02. The normalized spacial score (nSPS) is 28.4. The second-order valence-corrected chi connectivity index (χ2v) is 6.31. The number of alkyl halides is 1. The van der Waals surface area contributed by atoms with Gasteiger partial charge in [-0.15, -0.1) is 22.9 Å². The Morgan fingerprint density at radius 3 is 2.86 bits per heavy atom. The first-order chi connectivity index (χ1) is 10.5. The Morgan fingerprint density at radius 2 is 2.23 bits per heavy atom. The van der Waals surface area contributed by atoms with Crippen LogP contribution in [0.3, 0.4) is 0 Å². The van der Waals surface area contributed by atoms with Gasteiger partial charge in [0.15, 0.2) is 6.23 Å². The van der Waals surface area contributed by atoms with Gasteiger partial charge in [0.05, 0.1) is 13.2 Å². The van der Waals surface area contributed by atoms with Gasteiger partial charge in [0.2, 0.25) is 0 Å². The fraction of sp³-hybridized carbons (Fsp3) is 0.615. The van der Waals surface area contributed by atoms with Crippen molar-refractivity contribution in [3.8, 4) is 0 Å². The maximum Gasteiger partial charge on any atom is 0.319 e. The van der Waals surface area contributed by atoms with Gasteiger partial charge in [0.1, 0.15) is 18.3 Å². The van der Waals surface area contributed by atoms with E-state index in [4.69, 9.17) is 16.3 Å². The molecule has 1 aromatic heterocycles. The number of rotatable bonds is 5. The molecule has 0 bridgehead atoms. The van der Waals surface area contributed by atoms with E-state index in [0.29, 0.717) is 0 Å². The van der Waals surface area contributed by atoms with Crippen LogP contribution in [0.15, 0.2) is 17.5 Å². The largest absolute Gasteiger partial charge is 0.388 e. The minimum Gasteiger partial charge on any atom is -0.388 e. The molecule has 1 saturated heterocycles. The van der Waals surface area contributed by atoms with Gasteiger partial charge in [-0.25, -0.2) is 4.79 Å². The Morgan fingerprint density at radius 1 is 1.45 bits per heavy atom. The van der Waals surface area contributed by atoms with Crippen LogP contribution in [0.5, 0.6) is 0 Å². The zero-order valence-corrected chi connectivity index (χ0v) is 13.3. The van der Waals surface area contributed by atoms with E-state index in [0.717, 1.165) is 4.88 Å². The zero-order valence-electron chi connectivity index (χ0n) is 11.8. The molecule has 2 amide bonds. The molecule has 0 aromatic carbocycles. The lowest BCUT2D eigenvalue weighted by Gasteiger charge is -2.41. The summed E-state index contributed by atoms with van der Waals surface area (Å²) in [5.74, 6) is 0.258. The first-order valence-corrected chi connectivity index (χ1v) is 8.24. The Labute approximate surface area is 137 Å². The number of carbonyl (C=O) groups excluding carboxylic acids is 1. The Balaban J connectivity index is 2.13. The van der Waals surface area contributed by atoms with Crippen LogP contribution in [0, 0.1) is 0 Å². The average molecular weight is 351 g/mol. The summed E-state index contributed by atoms with van der Waals surface area (Å²) in [5.41, 5.74) is 0. The number of ether oxygens (including phenoxy) is 1. The SMILES string of the molecule is O=C(NCCCl)N(Cc1cccs1)C1OC[C@H](O)[C@H](O)[C@H]1O. The third-order valence-electron chi connectivity index (χ3n) is 3.32. The molecular formula is C13H19ClN2O5S. The number of halogens is 1. The van der Waals surface area contributed by atoms with Crippen LogP contribution in [0.1, 0.15) is 4.88 Å². The third kappa shape index (κ3) is 4.09. The highest BCUT2D eigenvalue weighted by molar-refractivity contribution is 7.09. The molecule has 4 N–H and O–H groups in total. The lowest BCUT2D eigenvalue weighted by atomic mass is 10.0. The molecule has 2 rings (SSSR count). The van der Waals surface area contributed by atoms with Crippen LogP contribution in [0.2, 0.25) is 0 Å². The molecule has 2 heterocycles. The molecule has 0 radical (unpaired) electrons. The number of carbonyl (C=O) groups is 1. The molecule has 1 aliphatic heterocycles. The van der Waals surface area contributed by atoms with E-state index < -0.39 is 30.6 Å². The van der Waals surface area contributed by atoms with E-state index in [-0.39, 0.29) is 25.6 Å². The third-order valence-corrected chi connectivity index (χ3v) is 4.37. The summed E-state index contributed by atoms with van der Waals surface area (Å²) in [6, 6.07) is 3.25. The molecule has 124 valence electrons. The van der Waals surface area contributed by atoms with E-state index >= 15 is 0 Å². The Hall–Kier alpha value is -0.900. The van der Waals surface area contributed by atoms with Crippen LogP contribution in [0.4, 0.5) is 4.79 Å². The Kier molecular flexibility index (Phi) is 6.42. The summed E-state index contributed by atoms with van der Waals surface area (Å²) in [6.45, 7) is 0.332. The topological polar surface area (TPSA) is 102 Å². The minimum absolute atomic E-state index is 0.160. The molecule has 1 fully saturated rings. The molecule has 0 spiro atoms. The van der Waals surface area contributed by atoms with E-state index in [1.54, 1.807) is 0 Å². The quantitative estimate of drug-likeness (QED) is 0.557. The summed E-state index contributed by atoms with van der Waals surface area (Å²) in [6.07, 6.45) is -4.99. The van der Waals surface area contributed by atoms with Crippen molar-refractivity contribution in [2.75, 3.05) is 19.0 Å². The van der Waals surface area contributed by atoms with Gasteiger partial charge < -0.3 is 25.4 Å². The molecule has 1 aromatic rings. The standard InChI is InChI=1S/C13H19ClN2O5S/c14-3-4-15-13(20)16(6-8-2-1-5-22-8)12-11(19)10(18)9(17)7-21-12/h1-2,5,9-12,17-19H,3-4,6-7H2,(H,15,20)/t9-,10-,11+,12?/m0/s1. The summed E-state index contributed by atoms with van der Waals surface area (Å²) < 4.78 is 5.36. The first kappa shape index (κ1) is 17.5. The second kappa shape index (κ2) is 8.09. The second-order valence-electron chi connectivity index (χ2n) is 4.90. The number of aliphatic hydroxyl groups is 3. The smallest absolute Gasteiger partial charge is 0.319 e. The predicted molar refractivity (Wildman–Crippen MR) is 81.7 cm³/mol. The van der Waals surface area contributed by atoms with Crippen LogP contribution >= 0.6 is 22.9 Å². The first-order valence-electron chi connectivity index (χ1n) is 6.83. The van der Waals surface area contributed by atoms with Crippen LogP contribution < -0.4 is 5.32 Å². The van der Waals surface area contributed by atoms with Crippen molar-refractivity contribution in [3.05, 3.63) is 22.4 Å². The maximum atomic E-state index is 12.3. The lowest BCUT2D eigenvalue weighted by Crippen LogP contribution is -2.61. The van der Waals surface area contributed by atoms with Crippen molar-refractivity contribution >= 4 is 29.0 Å². The van der Waals surface area contributed by atoms with Crippen LogP contribution in [0.25, 0.3) is 0 Å². The number of hydrogen-bond donors (Lipinski definition) is 4. The molecule has 0 saturated carbocycles. The van der Waals surface area contributed by atoms with Crippen molar-refractivity contribution < 1.29 is 24.9 Å². The van der Waals surface area contributed by atoms with E-state index in [1.165, 1.54) is 16.2 Å². The van der Waals surface area contributed by atoms with Gasteiger partial charge in [-0.2, -0.15) is 0 Å². The van der Waals surface area contributed by atoms with Gasteiger partial charge in [-0.3, -0.25) is 4.90 Å². The highest BCUT2D eigenvalue weighted by atomic mass is 35.5. The zero-order chi connectivity index (χ0) is 16.1. The number of nitrogens with zero attached hydrogens (tertiary/aromatic N) is 1. The van der Waals surface area contributed by atoms with Gasteiger partial charge in [0, 0.05) is 17.3 Å². The number of urea groups is 1.